The van der Waals surface area contributed by atoms with E-state index >= 15 is 0 Å². The normalized spacial score (nSPS) is 11.6. The standard InChI is InChI=1S/C27H21ClN6OS/c1-17-29-22-8-4-5-9-23(22)33(17)15-14-25-31-26-20-6-2-3-7-21(20)30-27(34(26)32-25)36-16-24(35)18-10-12-19(28)13-11-18/h2-13H,14-16H2,1H3. The molecule has 0 aliphatic rings. The second-order valence-electron chi connectivity index (χ2n) is 8.44. The van der Waals surface area contributed by atoms with Crippen molar-refractivity contribution in [3.05, 3.63) is 95.0 Å². The van der Waals surface area contributed by atoms with Gasteiger partial charge in [0.25, 0.3) is 0 Å². The number of rotatable bonds is 7. The Balaban J connectivity index is 1.31. The van der Waals surface area contributed by atoms with Crippen molar-refractivity contribution in [1.29, 1.82) is 0 Å². The van der Waals surface area contributed by atoms with Gasteiger partial charge in [-0.3, -0.25) is 4.79 Å². The van der Waals surface area contributed by atoms with Crippen LogP contribution < -0.4 is 0 Å². The quantitative estimate of drug-likeness (QED) is 0.153. The first-order valence-electron chi connectivity index (χ1n) is 11.5. The zero-order valence-electron chi connectivity index (χ0n) is 19.4. The minimum Gasteiger partial charge on any atom is -0.328 e. The van der Waals surface area contributed by atoms with Crippen LogP contribution in [0, 0.1) is 6.92 Å². The lowest BCUT2D eigenvalue weighted by Crippen LogP contribution is -2.06. The van der Waals surface area contributed by atoms with Crippen LogP contribution in [0.15, 0.2) is 78.0 Å². The molecular formula is C27H21ClN6OS. The van der Waals surface area contributed by atoms with Crippen molar-refractivity contribution in [2.45, 2.75) is 25.0 Å². The summed E-state index contributed by atoms with van der Waals surface area (Å²) in [5.74, 6) is 1.92. The number of para-hydroxylation sites is 3. The maximum Gasteiger partial charge on any atom is 0.192 e. The third-order valence-electron chi connectivity index (χ3n) is 6.10. The van der Waals surface area contributed by atoms with Gasteiger partial charge in [0.2, 0.25) is 0 Å². The summed E-state index contributed by atoms with van der Waals surface area (Å²) in [5.41, 5.74) is 4.26. The average molecular weight is 513 g/mol. The van der Waals surface area contributed by atoms with Crippen LogP contribution in [0.4, 0.5) is 0 Å². The minimum atomic E-state index is 0.00238. The Morgan fingerprint density at radius 1 is 0.917 bits per heavy atom. The van der Waals surface area contributed by atoms with E-state index < -0.39 is 0 Å². The number of carbonyl (C=O) groups is 1. The topological polar surface area (TPSA) is 78.0 Å². The molecule has 178 valence electrons. The number of imidazole rings is 1. The number of halogens is 1. The summed E-state index contributed by atoms with van der Waals surface area (Å²) in [6.07, 6.45) is 0.644. The Morgan fingerprint density at radius 3 is 2.50 bits per heavy atom. The van der Waals surface area contributed by atoms with Crippen molar-refractivity contribution in [3.8, 4) is 0 Å². The van der Waals surface area contributed by atoms with E-state index in [0.29, 0.717) is 28.7 Å². The fourth-order valence-electron chi connectivity index (χ4n) is 4.31. The van der Waals surface area contributed by atoms with Gasteiger partial charge in [0.15, 0.2) is 22.4 Å². The summed E-state index contributed by atoms with van der Waals surface area (Å²) in [4.78, 5) is 27.1. The van der Waals surface area contributed by atoms with E-state index in [1.54, 1.807) is 28.8 Å². The molecule has 3 aromatic heterocycles. The Morgan fingerprint density at radius 2 is 1.67 bits per heavy atom. The summed E-state index contributed by atoms with van der Waals surface area (Å²) in [6.45, 7) is 2.73. The van der Waals surface area contributed by atoms with E-state index in [2.05, 4.69) is 15.6 Å². The maximum absolute atomic E-state index is 12.8. The predicted octanol–water partition coefficient (Wildman–Crippen LogP) is 5.81. The van der Waals surface area contributed by atoms with Crippen molar-refractivity contribution in [1.82, 2.24) is 29.1 Å². The molecule has 0 radical (unpaired) electrons. The monoisotopic (exact) mass is 512 g/mol. The largest absolute Gasteiger partial charge is 0.328 e. The van der Waals surface area contributed by atoms with Crippen LogP contribution in [-0.4, -0.2) is 40.7 Å². The molecule has 9 heteroatoms. The molecule has 0 fully saturated rings. The smallest absolute Gasteiger partial charge is 0.192 e. The van der Waals surface area contributed by atoms with Crippen LogP contribution in [0.2, 0.25) is 5.02 Å². The average Bonchev–Trinajstić information content (AvgIpc) is 3.47. The van der Waals surface area contributed by atoms with Gasteiger partial charge >= 0.3 is 0 Å². The van der Waals surface area contributed by atoms with Gasteiger partial charge in [-0.2, -0.15) is 4.52 Å². The number of thioether (sulfide) groups is 1. The molecule has 3 aromatic carbocycles. The zero-order chi connectivity index (χ0) is 24.6. The van der Waals surface area contributed by atoms with Gasteiger partial charge in [0.05, 0.1) is 22.3 Å². The Labute approximate surface area is 216 Å². The molecule has 0 amide bonds. The van der Waals surface area contributed by atoms with E-state index in [1.165, 1.54) is 11.8 Å². The Bertz CT molecular complexity index is 1740. The molecule has 3 heterocycles. The molecule has 0 aliphatic carbocycles. The molecular weight excluding hydrogens is 492 g/mol. The van der Waals surface area contributed by atoms with Crippen molar-refractivity contribution in [3.63, 3.8) is 0 Å². The van der Waals surface area contributed by atoms with Crippen LogP contribution >= 0.6 is 23.4 Å². The highest BCUT2D eigenvalue weighted by Crippen LogP contribution is 2.25. The van der Waals surface area contributed by atoms with Crippen LogP contribution in [0.1, 0.15) is 22.0 Å². The number of fused-ring (bicyclic) bond motifs is 4. The number of carbonyl (C=O) groups excluding carboxylic acids is 1. The molecule has 7 nitrogen and oxygen atoms in total. The first-order chi connectivity index (χ1) is 17.6. The number of benzene rings is 3. The van der Waals surface area contributed by atoms with Gasteiger partial charge in [-0.1, -0.05) is 47.6 Å². The first kappa shape index (κ1) is 22.7. The van der Waals surface area contributed by atoms with Gasteiger partial charge < -0.3 is 4.57 Å². The summed E-state index contributed by atoms with van der Waals surface area (Å²) in [6, 6.07) is 22.9. The lowest BCUT2D eigenvalue weighted by molar-refractivity contribution is 0.102. The van der Waals surface area contributed by atoms with Crippen molar-refractivity contribution in [2.75, 3.05) is 5.75 Å². The molecule has 0 N–H and O–H groups in total. The van der Waals surface area contributed by atoms with Gasteiger partial charge in [-0.05, 0) is 55.5 Å². The second-order valence-corrected chi connectivity index (χ2v) is 9.82. The SMILES string of the molecule is Cc1nc2ccccc2n1CCc1nc2c3ccccc3nc(SCC(=O)c3ccc(Cl)cc3)n2n1. The number of ketones is 1. The highest BCUT2D eigenvalue weighted by molar-refractivity contribution is 7.99. The van der Waals surface area contributed by atoms with Crippen LogP contribution in [0.5, 0.6) is 0 Å². The third kappa shape index (κ3) is 4.23. The Hall–Kier alpha value is -3.75. The van der Waals surface area contributed by atoms with Gasteiger partial charge in [-0.25, -0.2) is 15.0 Å². The van der Waals surface area contributed by atoms with Crippen LogP contribution in [0.25, 0.3) is 27.6 Å². The van der Waals surface area contributed by atoms with E-state index in [-0.39, 0.29) is 11.5 Å². The van der Waals surface area contributed by atoms with Gasteiger partial charge in [-0.15, -0.1) is 5.10 Å². The van der Waals surface area contributed by atoms with Crippen molar-refractivity contribution >= 4 is 56.7 Å². The molecule has 0 atom stereocenters. The van der Waals surface area contributed by atoms with Crippen LogP contribution in [0.3, 0.4) is 0 Å². The lowest BCUT2D eigenvalue weighted by Gasteiger charge is -2.06. The highest BCUT2D eigenvalue weighted by Gasteiger charge is 2.16. The zero-order valence-corrected chi connectivity index (χ0v) is 21.0. The van der Waals surface area contributed by atoms with Gasteiger partial charge in [0.1, 0.15) is 5.82 Å². The molecule has 0 saturated carbocycles. The number of hydrogen-bond acceptors (Lipinski definition) is 6. The van der Waals surface area contributed by atoms with Crippen molar-refractivity contribution < 1.29 is 4.79 Å². The van der Waals surface area contributed by atoms with E-state index in [0.717, 1.165) is 39.2 Å². The number of aryl methyl sites for hydroxylation is 3. The molecule has 0 bridgehead atoms. The number of Topliss-reactive ketones (excluding diaryl/α,β-unsaturated/α-hetero) is 1. The third-order valence-corrected chi connectivity index (χ3v) is 7.28. The lowest BCUT2D eigenvalue weighted by atomic mass is 10.1. The summed E-state index contributed by atoms with van der Waals surface area (Å²) in [5, 5.41) is 6.96. The Kier molecular flexibility index (Phi) is 5.91. The molecule has 0 aliphatic heterocycles. The molecule has 0 spiro atoms. The fourth-order valence-corrected chi connectivity index (χ4v) is 5.28. The highest BCUT2D eigenvalue weighted by atomic mass is 35.5. The van der Waals surface area contributed by atoms with Crippen LogP contribution in [-0.2, 0) is 13.0 Å². The maximum atomic E-state index is 12.8. The molecule has 36 heavy (non-hydrogen) atoms. The van der Waals surface area contributed by atoms with Gasteiger partial charge in [0, 0.05) is 28.9 Å². The molecule has 0 saturated heterocycles. The summed E-state index contributed by atoms with van der Waals surface area (Å²) < 4.78 is 3.95. The second kappa shape index (κ2) is 9.37. The van der Waals surface area contributed by atoms with E-state index in [1.807, 2.05) is 49.4 Å². The fraction of sp³-hybridized carbons (Fsp3) is 0.148. The van der Waals surface area contributed by atoms with E-state index in [4.69, 9.17) is 26.7 Å². The van der Waals surface area contributed by atoms with Crippen molar-refractivity contribution in [2.24, 2.45) is 0 Å². The van der Waals surface area contributed by atoms with E-state index in [9.17, 15) is 4.79 Å². The predicted molar refractivity (Wildman–Crippen MR) is 143 cm³/mol. The molecule has 0 unspecified atom stereocenters. The number of aromatic nitrogens is 6. The molecule has 6 aromatic rings. The first-order valence-corrected chi connectivity index (χ1v) is 12.9. The number of nitrogens with zero attached hydrogens (tertiary/aromatic N) is 6. The molecule has 6 rings (SSSR count). The summed E-state index contributed by atoms with van der Waals surface area (Å²) in [7, 11) is 0. The number of hydrogen-bond donors (Lipinski definition) is 0. The summed E-state index contributed by atoms with van der Waals surface area (Å²) >= 11 is 7.31. The minimum absolute atomic E-state index is 0.00238.